The third kappa shape index (κ3) is 2.58. The Balaban J connectivity index is 1.92. The van der Waals surface area contributed by atoms with E-state index in [1.54, 1.807) is 0 Å². The standard InChI is InChI=1S/C10H15N3O2S/c11-3-7-1-2-13(4-7)5-8-6-16-9(12-8)10(14)15/h6-7H,1-5,11H2,(H,14,15). The van der Waals surface area contributed by atoms with Crippen LogP contribution in [-0.4, -0.2) is 40.6 Å². The molecule has 0 spiro atoms. The molecule has 0 amide bonds. The summed E-state index contributed by atoms with van der Waals surface area (Å²) in [5.41, 5.74) is 6.46. The summed E-state index contributed by atoms with van der Waals surface area (Å²) in [4.78, 5) is 17.0. The minimum atomic E-state index is -0.947. The van der Waals surface area contributed by atoms with E-state index >= 15 is 0 Å². The van der Waals surface area contributed by atoms with Crippen LogP contribution >= 0.6 is 11.3 Å². The predicted molar refractivity (Wildman–Crippen MR) is 61.5 cm³/mol. The zero-order chi connectivity index (χ0) is 11.5. The zero-order valence-corrected chi connectivity index (χ0v) is 9.74. The second-order valence-electron chi connectivity index (χ2n) is 4.07. The Morgan fingerprint density at radius 3 is 3.12 bits per heavy atom. The summed E-state index contributed by atoms with van der Waals surface area (Å²) < 4.78 is 0. The fourth-order valence-corrected chi connectivity index (χ4v) is 2.60. The Labute approximate surface area is 97.9 Å². The van der Waals surface area contributed by atoms with E-state index in [0.29, 0.717) is 5.92 Å². The highest BCUT2D eigenvalue weighted by atomic mass is 32.1. The van der Waals surface area contributed by atoms with Crippen LogP contribution in [0.15, 0.2) is 5.38 Å². The van der Waals surface area contributed by atoms with E-state index in [0.717, 1.165) is 38.3 Å². The van der Waals surface area contributed by atoms with Crippen LogP contribution in [0.4, 0.5) is 0 Å². The van der Waals surface area contributed by atoms with Crippen molar-refractivity contribution in [1.82, 2.24) is 9.88 Å². The fraction of sp³-hybridized carbons (Fsp3) is 0.600. The minimum Gasteiger partial charge on any atom is -0.476 e. The van der Waals surface area contributed by atoms with E-state index in [-0.39, 0.29) is 5.01 Å². The van der Waals surface area contributed by atoms with Crippen LogP contribution in [0.5, 0.6) is 0 Å². The number of nitrogens with two attached hydrogens (primary N) is 1. The smallest absolute Gasteiger partial charge is 0.365 e. The third-order valence-corrected chi connectivity index (χ3v) is 3.70. The molecule has 1 fully saturated rings. The van der Waals surface area contributed by atoms with E-state index in [4.69, 9.17) is 10.8 Å². The van der Waals surface area contributed by atoms with Gasteiger partial charge in [0.05, 0.1) is 5.69 Å². The van der Waals surface area contributed by atoms with Crippen molar-refractivity contribution in [3.63, 3.8) is 0 Å². The maximum Gasteiger partial charge on any atom is 0.365 e. The summed E-state index contributed by atoms with van der Waals surface area (Å²) in [5, 5.41) is 10.7. The van der Waals surface area contributed by atoms with Gasteiger partial charge in [-0.25, -0.2) is 9.78 Å². The van der Waals surface area contributed by atoms with E-state index in [2.05, 4.69) is 9.88 Å². The first kappa shape index (κ1) is 11.5. The number of aromatic carboxylic acids is 1. The van der Waals surface area contributed by atoms with Gasteiger partial charge in [0, 0.05) is 18.5 Å². The number of likely N-dealkylation sites (tertiary alicyclic amines) is 1. The van der Waals surface area contributed by atoms with Crippen molar-refractivity contribution >= 4 is 17.3 Å². The molecule has 1 saturated heterocycles. The Morgan fingerprint density at radius 2 is 2.56 bits per heavy atom. The van der Waals surface area contributed by atoms with Gasteiger partial charge >= 0.3 is 5.97 Å². The molecule has 0 bridgehead atoms. The van der Waals surface area contributed by atoms with Crippen LogP contribution in [0.1, 0.15) is 21.9 Å². The molecular formula is C10H15N3O2S. The number of aromatic nitrogens is 1. The Kier molecular flexibility index (Phi) is 3.52. The lowest BCUT2D eigenvalue weighted by atomic mass is 10.1. The molecule has 88 valence electrons. The fourth-order valence-electron chi connectivity index (χ4n) is 1.96. The van der Waals surface area contributed by atoms with Gasteiger partial charge in [-0.2, -0.15) is 0 Å². The van der Waals surface area contributed by atoms with Gasteiger partial charge in [0.15, 0.2) is 0 Å². The lowest BCUT2D eigenvalue weighted by molar-refractivity contribution is 0.0696. The van der Waals surface area contributed by atoms with Crippen molar-refractivity contribution in [2.24, 2.45) is 11.7 Å². The summed E-state index contributed by atoms with van der Waals surface area (Å²) in [6.45, 7) is 3.49. The van der Waals surface area contributed by atoms with Gasteiger partial charge in [0.25, 0.3) is 0 Å². The van der Waals surface area contributed by atoms with E-state index in [9.17, 15) is 4.79 Å². The molecule has 6 heteroatoms. The van der Waals surface area contributed by atoms with Gasteiger partial charge in [-0.3, -0.25) is 4.90 Å². The predicted octanol–water partition coefficient (Wildman–Crippen LogP) is 0.622. The molecular weight excluding hydrogens is 226 g/mol. The molecule has 1 aromatic rings. The molecule has 3 N–H and O–H groups in total. The summed E-state index contributed by atoms with van der Waals surface area (Å²) in [6.07, 6.45) is 1.13. The molecule has 2 rings (SSSR count). The molecule has 0 radical (unpaired) electrons. The summed E-state index contributed by atoms with van der Waals surface area (Å²) >= 11 is 1.19. The molecule has 16 heavy (non-hydrogen) atoms. The van der Waals surface area contributed by atoms with Crippen LogP contribution in [0.2, 0.25) is 0 Å². The van der Waals surface area contributed by atoms with Crippen molar-refractivity contribution in [3.8, 4) is 0 Å². The van der Waals surface area contributed by atoms with Crippen molar-refractivity contribution in [3.05, 3.63) is 16.1 Å². The summed E-state index contributed by atoms with van der Waals surface area (Å²) in [5.74, 6) is -0.366. The second-order valence-corrected chi connectivity index (χ2v) is 4.93. The van der Waals surface area contributed by atoms with Crippen molar-refractivity contribution in [2.75, 3.05) is 19.6 Å². The van der Waals surface area contributed by atoms with E-state index in [1.807, 2.05) is 5.38 Å². The normalized spacial score (nSPS) is 21.4. The monoisotopic (exact) mass is 241 g/mol. The SMILES string of the molecule is NCC1CCN(Cc2csc(C(=O)O)n2)C1. The molecule has 5 nitrogen and oxygen atoms in total. The van der Waals surface area contributed by atoms with Crippen molar-refractivity contribution in [1.29, 1.82) is 0 Å². The Bertz CT molecular complexity index is 380. The topological polar surface area (TPSA) is 79.5 Å². The average Bonchev–Trinajstić information content (AvgIpc) is 2.87. The molecule has 1 unspecified atom stereocenters. The van der Waals surface area contributed by atoms with Gasteiger partial charge in [-0.15, -0.1) is 11.3 Å². The Hall–Kier alpha value is -0.980. The van der Waals surface area contributed by atoms with Crippen LogP contribution < -0.4 is 5.73 Å². The van der Waals surface area contributed by atoms with E-state index in [1.165, 1.54) is 11.3 Å². The first-order chi connectivity index (χ1) is 7.69. The molecule has 0 aliphatic carbocycles. The quantitative estimate of drug-likeness (QED) is 0.808. The van der Waals surface area contributed by atoms with Gasteiger partial charge in [-0.1, -0.05) is 0 Å². The highest BCUT2D eigenvalue weighted by Crippen LogP contribution is 2.18. The van der Waals surface area contributed by atoms with Crippen molar-refractivity contribution in [2.45, 2.75) is 13.0 Å². The molecule has 1 aliphatic rings. The number of carbonyl (C=O) groups is 1. The van der Waals surface area contributed by atoms with Crippen LogP contribution in [0.25, 0.3) is 0 Å². The van der Waals surface area contributed by atoms with Gasteiger partial charge in [0.1, 0.15) is 0 Å². The maximum absolute atomic E-state index is 10.7. The molecule has 0 saturated carbocycles. The first-order valence-corrected chi connectivity index (χ1v) is 6.17. The number of carboxylic acid groups (broad SMARTS) is 1. The molecule has 1 atom stereocenters. The number of thiazole rings is 1. The lowest BCUT2D eigenvalue weighted by Gasteiger charge is -2.13. The summed E-state index contributed by atoms with van der Waals surface area (Å²) in [6, 6.07) is 0. The molecule has 1 aliphatic heterocycles. The number of carboxylic acids is 1. The lowest BCUT2D eigenvalue weighted by Crippen LogP contribution is -2.23. The highest BCUT2D eigenvalue weighted by molar-refractivity contribution is 7.11. The van der Waals surface area contributed by atoms with Gasteiger partial charge < -0.3 is 10.8 Å². The van der Waals surface area contributed by atoms with Gasteiger partial charge in [0.2, 0.25) is 5.01 Å². The second kappa shape index (κ2) is 4.90. The van der Waals surface area contributed by atoms with Crippen LogP contribution in [0.3, 0.4) is 0 Å². The minimum absolute atomic E-state index is 0.171. The molecule has 2 heterocycles. The summed E-state index contributed by atoms with van der Waals surface area (Å²) in [7, 11) is 0. The number of rotatable bonds is 4. The van der Waals surface area contributed by atoms with Crippen LogP contribution in [0, 0.1) is 5.92 Å². The number of hydrogen-bond donors (Lipinski definition) is 2. The van der Waals surface area contributed by atoms with Crippen LogP contribution in [-0.2, 0) is 6.54 Å². The van der Waals surface area contributed by atoms with Crippen molar-refractivity contribution < 1.29 is 9.90 Å². The van der Waals surface area contributed by atoms with Gasteiger partial charge in [-0.05, 0) is 25.4 Å². The highest BCUT2D eigenvalue weighted by Gasteiger charge is 2.22. The Morgan fingerprint density at radius 1 is 1.75 bits per heavy atom. The number of nitrogens with zero attached hydrogens (tertiary/aromatic N) is 2. The molecule has 0 aromatic carbocycles. The average molecular weight is 241 g/mol. The molecule has 1 aromatic heterocycles. The largest absolute Gasteiger partial charge is 0.476 e. The van der Waals surface area contributed by atoms with E-state index < -0.39 is 5.97 Å². The first-order valence-electron chi connectivity index (χ1n) is 5.29. The third-order valence-electron chi connectivity index (χ3n) is 2.82. The number of hydrogen-bond acceptors (Lipinski definition) is 5. The zero-order valence-electron chi connectivity index (χ0n) is 8.93. The maximum atomic E-state index is 10.7.